The molecule has 27 heavy (non-hydrogen) atoms. The van der Waals surface area contributed by atoms with Crippen molar-refractivity contribution >= 4 is 11.6 Å². The van der Waals surface area contributed by atoms with Crippen LogP contribution in [0.5, 0.6) is 5.75 Å². The van der Waals surface area contributed by atoms with E-state index in [9.17, 15) is 9.59 Å². The van der Waals surface area contributed by atoms with Crippen LogP contribution in [0.25, 0.3) is 0 Å². The number of hydrogen-bond acceptors (Lipinski definition) is 6. The Kier molecular flexibility index (Phi) is 6.43. The first-order valence-electron chi connectivity index (χ1n) is 9.06. The summed E-state index contributed by atoms with van der Waals surface area (Å²) in [6.07, 6.45) is 2.45. The molecule has 0 spiro atoms. The number of nitrogens with zero attached hydrogens (tertiary/aromatic N) is 3. The fraction of sp³-hybridized carbons (Fsp3) is 0.421. The minimum absolute atomic E-state index is 0.0368. The number of carbonyl (C=O) groups is 1. The van der Waals surface area contributed by atoms with Gasteiger partial charge in [-0.2, -0.15) is 5.10 Å². The van der Waals surface area contributed by atoms with Gasteiger partial charge in [-0.05, 0) is 24.1 Å². The van der Waals surface area contributed by atoms with Crippen molar-refractivity contribution in [2.75, 3.05) is 51.3 Å². The Bertz CT molecular complexity index is 797. The number of piperazine rings is 1. The Morgan fingerprint density at radius 3 is 2.63 bits per heavy atom. The minimum Gasteiger partial charge on any atom is -0.497 e. The van der Waals surface area contributed by atoms with Gasteiger partial charge in [-0.15, -0.1) is 0 Å². The van der Waals surface area contributed by atoms with Crippen LogP contribution in [0.15, 0.2) is 41.3 Å². The predicted octanol–water partition coefficient (Wildman–Crippen LogP) is 0.259. The number of anilines is 1. The molecule has 0 bridgehead atoms. The maximum Gasteiger partial charge on any atom is 0.266 e. The van der Waals surface area contributed by atoms with E-state index in [1.165, 1.54) is 0 Å². The number of rotatable bonds is 7. The van der Waals surface area contributed by atoms with Crippen LogP contribution >= 0.6 is 0 Å². The van der Waals surface area contributed by atoms with Gasteiger partial charge < -0.3 is 15.0 Å². The lowest BCUT2D eigenvalue weighted by atomic mass is 10.1. The molecule has 2 N–H and O–H groups in total. The lowest BCUT2D eigenvalue weighted by Crippen LogP contribution is -2.49. The monoisotopic (exact) mass is 371 g/mol. The number of aromatic nitrogens is 2. The van der Waals surface area contributed by atoms with Crippen molar-refractivity contribution in [3.05, 3.63) is 52.4 Å². The van der Waals surface area contributed by atoms with Gasteiger partial charge in [0, 0.05) is 38.8 Å². The van der Waals surface area contributed by atoms with Crippen molar-refractivity contribution in [2.45, 2.75) is 6.42 Å². The molecule has 1 saturated heterocycles. The SMILES string of the molecule is COc1ccc(CCNC(=O)CN2CCN(c3cn[nH]c(=O)c3)CC2)cc1. The molecule has 1 amide bonds. The Labute approximate surface area is 158 Å². The zero-order chi connectivity index (χ0) is 19.1. The molecule has 144 valence electrons. The topological polar surface area (TPSA) is 90.6 Å². The summed E-state index contributed by atoms with van der Waals surface area (Å²) >= 11 is 0. The van der Waals surface area contributed by atoms with Crippen molar-refractivity contribution in [3.8, 4) is 5.75 Å². The predicted molar refractivity (Wildman–Crippen MR) is 103 cm³/mol. The quantitative estimate of drug-likeness (QED) is 0.726. The third-order valence-corrected chi connectivity index (χ3v) is 4.65. The Hall–Kier alpha value is -2.87. The molecule has 1 aromatic heterocycles. The van der Waals surface area contributed by atoms with Crippen LogP contribution in [-0.4, -0.2) is 67.4 Å². The van der Waals surface area contributed by atoms with Crippen LogP contribution in [0.2, 0.25) is 0 Å². The molecular formula is C19H25N5O3. The lowest BCUT2D eigenvalue weighted by Gasteiger charge is -2.35. The summed E-state index contributed by atoms with van der Waals surface area (Å²) in [5.41, 5.74) is 1.78. The van der Waals surface area contributed by atoms with E-state index in [1.807, 2.05) is 24.3 Å². The molecule has 0 radical (unpaired) electrons. The number of aromatic amines is 1. The molecule has 0 unspecified atom stereocenters. The number of amides is 1. The minimum atomic E-state index is -0.203. The van der Waals surface area contributed by atoms with E-state index in [0.717, 1.165) is 49.6 Å². The summed E-state index contributed by atoms with van der Waals surface area (Å²) in [7, 11) is 1.64. The molecule has 1 aliphatic heterocycles. The van der Waals surface area contributed by atoms with Gasteiger partial charge in [-0.25, -0.2) is 5.10 Å². The highest BCUT2D eigenvalue weighted by Gasteiger charge is 2.19. The highest BCUT2D eigenvalue weighted by molar-refractivity contribution is 5.78. The number of ether oxygens (including phenoxy) is 1. The van der Waals surface area contributed by atoms with E-state index >= 15 is 0 Å². The molecule has 1 fully saturated rings. The zero-order valence-electron chi connectivity index (χ0n) is 15.5. The van der Waals surface area contributed by atoms with Crippen LogP contribution in [0.4, 0.5) is 5.69 Å². The number of H-pyrrole nitrogens is 1. The Morgan fingerprint density at radius 1 is 1.22 bits per heavy atom. The lowest BCUT2D eigenvalue weighted by molar-refractivity contribution is -0.122. The molecular weight excluding hydrogens is 346 g/mol. The Morgan fingerprint density at radius 2 is 1.96 bits per heavy atom. The van der Waals surface area contributed by atoms with E-state index in [1.54, 1.807) is 19.4 Å². The first kappa shape index (κ1) is 18.9. The van der Waals surface area contributed by atoms with Gasteiger partial charge in [-0.3, -0.25) is 14.5 Å². The summed E-state index contributed by atoms with van der Waals surface area (Å²) < 4.78 is 5.14. The van der Waals surface area contributed by atoms with Gasteiger partial charge in [0.05, 0.1) is 25.5 Å². The summed E-state index contributed by atoms with van der Waals surface area (Å²) in [5, 5.41) is 9.19. The first-order chi connectivity index (χ1) is 13.1. The fourth-order valence-electron chi connectivity index (χ4n) is 3.10. The number of methoxy groups -OCH3 is 1. The van der Waals surface area contributed by atoms with E-state index in [4.69, 9.17) is 4.74 Å². The van der Waals surface area contributed by atoms with Gasteiger partial charge in [0.25, 0.3) is 5.56 Å². The van der Waals surface area contributed by atoms with Gasteiger partial charge in [0.15, 0.2) is 0 Å². The van der Waals surface area contributed by atoms with E-state index in [0.29, 0.717) is 13.1 Å². The third-order valence-electron chi connectivity index (χ3n) is 4.65. The number of benzene rings is 1. The molecule has 1 aliphatic rings. The average molecular weight is 371 g/mol. The molecule has 2 heterocycles. The van der Waals surface area contributed by atoms with Gasteiger partial charge in [0.1, 0.15) is 5.75 Å². The highest BCUT2D eigenvalue weighted by atomic mass is 16.5. The van der Waals surface area contributed by atoms with E-state index in [-0.39, 0.29) is 11.5 Å². The highest BCUT2D eigenvalue weighted by Crippen LogP contribution is 2.13. The summed E-state index contributed by atoms with van der Waals surface area (Å²) in [4.78, 5) is 27.8. The van der Waals surface area contributed by atoms with E-state index in [2.05, 4.69) is 25.3 Å². The maximum atomic E-state index is 12.2. The van der Waals surface area contributed by atoms with Crippen molar-refractivity contribution in [1.29, 1.82) is 0 Å². The molecule has 0 saturated carbocycles. The molecule has 1 aromatic carbocycles. The fourth-order valence-corrected chi connectivity index (χ4v) is 3.10. The van der Waals surface area contributed by atoms with Crippen LogP contribution in [0.1, 0.15) is 5.56 Å². The summed E-state index contributed by atoms with van der Waals surface area (Å²) in [6, 6.07) is 9.41. The normalized spacial score (nSPS) is 14.8. The summed E-state index contributed by atoms with van der Waals surface area (Å²) in [6.45, 7) is 4.10. The average Bonchev–Trinajstić information content (AvgIpc) is 2.69. The molecule has 3 rings (SSSR count). The summed E-state index contributed by atoms with van der Waals surface area (Å²) in [5.74, 6) is 0.868. The Balaban J connectivity index is 1.37. The number of hydrogen-bond donors (Lipinski definition) is 2. The van der Waals surface area contributed by atoms with Crippen molar-refractivity contribution < 1.29 is 9.53 Å². The zero-order valence-corrected chi connectivity index (χ0v) is 15.5. The van der Waals surface area contributed by atoms with E-state index < -0.39 is 0 Å². The van der Waals surface area contributed by atoms with Gasteiger partial charge in [-0.1, -0.05) is 12.1 Å². The second kappa shape index (κ2) is 9.18. The molecule has 0 atom stereocenters. The molecule has 2 aromatic rings. The van der Waals surface area contributed by atoms with Crippen LogP contribution < -0.4 is 20.5 Å². The number of nitrogens with one attached hydrogen (secondary N) is 2. The molecule has 8 nitrogen and oxygen atoms in total. The molecule has 8 heteroatoms. The smallest absolute Gasteiger partial charge is 0.266 e. The number of carbonyl (C=O) groups excluding carboxylic acids is 1. The van der Waals surface area contributed by atoms with Crippen molar-refractivity contribution in [1.82, 2.24) is 20.4 Å². The second-order valence-electron chi connectivity index (χ2n) is 6.51. The van der Waals surface area contributed by atoms with Crippen molar-refractivity contribution in [2.24, 2.45) is 0 Å². The third kappa shape index (κ3) is 5.55. The second-order valence-corrected chi connectivity index (χ2v) is 6.51. The van der Waals surface area contributed by atoms with Gasteiger partial charge >= 0.3 is 0 Å². The van der Waals surface area contributed by atoms with Gasteiger partial charge in [0.2, 0.25) is 5.91 Å². The molecule has 0 aliphatic carbocycles. The van der Waals surface area contributed by atoms with Crippen LogP contribution in [-0.2, 0) is 11.2 Å². The van der Waals surface area contributed by atoms with Crippen molar-refractivity contribution in [3.63, 3.8) is 0 Å². The van der Waals surface area contributed by atoms with Crippen LogP contribution in [0.3, 0.4) is 0 Å². The largest absolute Gasteiger partial charge is 0.497 e. The maximum absolute atomic E-state index is 12.2. The van der Waals surface area contributed by atoms with Crippen LogP contribution in [0, 0.1) is 0 Å². The standard InChI is InChI=1S/C19H25N5O3/c1-27-17-4-2-15(3-5-17)6-7-20-19(26)14-23-8-10-24(11-9-23)16-12-18(25)22-21-13-16/h2-5,12-13H,6-11,14H2,1H3,(H,20,26)(H,22,25). The first-order valence-corrected chi connectivity index (χ1v) is 9.06.